The number of piperidine rings is 1. The first-order valence-corrected chi connectivity index (χ1v) is 7.94. The molecule has 7 heteroatoms. The van der Waals surface area contributed by atoms with Gasteiger partial charge < -0.3 is 10.2 Å². The van der Waals surface area contributed by atoms with E-state index in [0.717, 1.165) is 37.3 Å². The number of amides is 4. The van der Waals surface area contributed by atoms with E-state index in [1.165, 1.54) is 7.05 Å². The lowest BCUT2D eigenvalue weighted by molar-refractivity contribution is -0.134. The molecule has 0 radical (unpaired) electrons. The number of hydrogen-bond donors (Lipinski definition) is 1. The summed E-state index contributed by atoms with van der Waals surface area (Å²) in [6.45, 7) is 4.17. The number of carbonyl (C=O) groups is 3. The Balaban J connectivity index is 1.75. The zero-order chi connectivity index (χ0) is 16.1. The Morgan fingerprint density at radius 3 is 2.41 bits per heavy atom. The van der Waals surface area contributed by atoms with Gasteiger partial charge in [0.15, 0.2) is 0 Å². The number of urea groups is 1. The second-order valence-corrected chi connectivity index (χ2v) is 6.90. The molecule has 0 unspecified atom stereocenters. The predicted octanol–water partition coefficient (Wildman–Crippen LogP) is -0.131. The van der Waals surface area contributed by atoms with E-state index < -0.39 is 5.54 Å². The molecule has 1 N–H and O–H groups in total. The Morgan fingerprint density at radius 2 is 1.86 bits per heavy atom. The van der Waals surface area contributed by atoms with Crippen molar-refractivity contribution in [2.45, 2.75) is 37.8 Å². The Kier molecular flexibility index (Phi) is 3.63. The van der Waals surface area contributed by atoms with Gasteiger partial charge in [-0.1, -0.05) is 0 Å². The van der Waals surface area contributed by atoms with Crippen molar-refractivity contribution in [1.29, 1.82) is 0 Å². The van der Waals surface area contributed by atoms with Crippen molar-refractivity contribution in [2.75, 3.05) is 33.7 Å². The monoisotopic (exact) mass is 308 g/mol. The maximum absolute atomic E-state index is 12.4. The topological polar surface area (TPSA) is 73.0 Å². The number of nitrogens with zero attached hydrogens (tertiary/aromatic N) is 3. The molecule has 0 spiro atoms. The molecule has 7 nitrogen and oxygen atoms in total. The van der Waals surface area contributed by atoms with Crippen LogP contribution in [0.3, 0.4) is 0 Å². The molecule has 3 aliphatic rings. The van der Waals surface area contributed by atoms with Gasteiger partial charge in [0.1, 0.15) is 5.54 Å². The molecule has 0 aromatic heterocycles. The molecular weight excluding hydrogens is 284 g/mol. The maximum atomic E-state index is 12.4. The van der Waals surface area contributed by atoms with E-state index in [-0.39, 0.29) is 29.8 Å². The summed E-state index contributed by atoms with van der Waals surface area (Å²) in [4.78, 5) is 41.6. The Hall–Kier alpha value is -1.63. The molecule has 4 amide bonds. The average Bonchev–Trinajstić information content (AvgIpc) is 2.94. The molecule has 0 saturated carbocycles. The number of carbonyl (C=O) groups excluding carboxylic acids is 3. The third-order valence-electron chi connectivity index (χ3n) is 5.53. The van der Waals surface area contributed by atoms with Crippen molar-refractivity contribution in [3.63, 3.8) is 0 Å². The second kappa shape index (κ2) is 5.22. The molecule has 3 atom stereocenters. The number of likely N-dealkylation sites (N-methyl/N-ethyl adjacent to an activating group) is 2. The van der Waals surface area contributed by atoms with Crippen LogP contribution in [0.15, 0.2) is 0 Å². The lowest BCUT2D eigenvalue weighted by Gasteiger charge is -2.41. The molecule has 0 aromatic rings. The quantitative estimate of drug-likeness (QED) is 0.721. The van der Waals surface area contributed by atoms with E-state index in [1.807, 2.05) is 14.0 Å². The smallest absolute Gasteiger partial charge is 0.324 e. The summed E-state index contributed by atoms with van der Waals surface area (Å²) >= 11 is 0. The molecule has 3 saturated heterocycles. The number of rotatable bonds is 2. The third-order valence-corrected chi connectivity index (χ3v) is 5.53. The minimum atomic E-state index is -0.849. The third kappa shape index (κ3) is 2.18. The van der Waals surface area contributed by atoms with Crippen LogP contribution in [0.4, 0.5) is 4.79 Å². The standard InChI is InChI=1S/C15H24N4O3/c1-15(13(21)18(3)14(22)16-15)10-5-4-7-19(9-10)11-6-8-17(2)12(11)20/h10-11H,4-9H2,1-3H3,(H,16,22)/t10-,11-,15-/m0/s1. The Morgan fingerprint density at radius 1 is 1.14 bits per heavy atom. The summed E-state index contributed by atoms with van der Waals surface area (Å²) in [6, 6.07) is -0.400. The van der Waals surface area contributed by atoms with E-state index in [1.54, 1.807) is 4.90 Å². The highest BCUT2D eigenvalue weighted by molar-refractivity contribution is 6.06. The summed E-state index contributed by atoms with van der Waals surface area (Å²) < 4.78 is 0. The van der Waals surface area contributed by atoms with Gasteiger partial charge in [-0.2, -0.15) is 0 Å². The van der Waals surface area contributed by atoms with Crippen molar-refractivity contribution in [3.8, 4) is 0 Å². The van der Waals surface area contributed by atoms with Crippen LogP contribution >= 0.6 is 0 Å². The summed E-state index contributed by atoms with van der Waals surface area (Å²) in [5, 5.41) is 2.85. The Bertz CT molecular complexity index is 523. The van der Waals surface area contributed by atoms with Gasteiger partial charge in [-0.3, -0.25) is 19.4 Å². The largest absolute Gasteiger partial charge is 0.344 e. The minimum Gasteiger partial charge on any atom is -0.344 e. The SMILES string of the molecule is CN1CC[C@H](N2CCC[C@H]([C@]3(C)NC(=O)N(C)C3=O)C2)C1=O. The van der Waals surface area contributed by atoms with Crippen LogP contribution in [0.25, 0.3) is 0 Å². The predicted molar refractivity (Wildman–Crippen MR) is 80.0 cm³/mol. The molecular formula is C15H24N4O3. The normalized spacial score (nSPS) is 37.1. The zero-order valence-corrected chi connectivity index (χ0v) is 13.5. The van der Waals surface area contributed by atoms with E-state index >= 15 is 0 Å². The minimum absolute atomic E-state index is 0.0429. The van der Waals surface area contributed by atoms with Crippen molar-refractivity contribution < 1.29 is 14.4 Å². The van der Waals surface area contributed by atoms with Crippen LogP contribution in [0.5, 0.6) is 0 Å². The molecule has 3 rings (SSSR count). The summed E-state index contributed by atoms with van der Waals surface area (Å²) in [5.41, 5.74) is -0.849. The van der Waals surface area contributed by atoms with Crippen LogP contribution in [-0.4, -0.2) is 77.9 Å². The van der Waals surface area contributed by atoms with Crippen molar-refractivity contribution in [3.05, 3.63) is 0 Å². The van der Waals surface area contributed by atoms with Crippen LogP contribution < -0.4 is 5.32 Å². The van der Waals surface area contributed by atoms with Gasteiger partial charge in [0.25, 0.3) is 5.91 Å². The van der Waals surface area contributed by atoms with Crippen LogP contribution in [0, 0.1) is 5.92 Å². The van der Waals surface area contributed by atoms with Gasteiger partial charge in [-0.05, 0) is 32.7 Å². The van der Waals surface area contributed by atoms with Gasteiger partial charge in [-0.15, -0.1) is 0 Å². The molecule has 3 fully saturated rings. The fourth-order valence-corrected chi connectivity index (χ4v) is 3.98. The average molecular weight is 308 g/mol. The van der Waals surface area contributed by atoms with Gasteiger partial charge in [-0.25, -0.2) is 4.79 Å². The van der Waals surface area contributed by atoms with Gasteiger partial charge in [0, 0.05) is 33.1 Å². The highest BCUT2D eigenvalue weighted by Crippen LogP contribution is 2.33. The summed E-state index contributed by atoms with van der Waals surface area (Å²) in [7, 11) is 3.35. The lowest BCUT2D eigenvalue weighted by atomic mass is 9.79. The summed E-state index contributed by atoms with van der Waals surface area (Å²) in [5.74, 6) is 0.0466. The number of nitrogens with one attached hydrogen (secondary N) is 1. The molecule has 0 aromatic carbocycles. The fourth-order valence-electron chi connectivity index (χ4n) is 3.98. The molecule has 122 valence electrons. The maximum Gasteiger partial charge on any atom is 0.324 e. The Labute approximate surface area is 130 Å². The molecule has 22 heavy (non-hydrogen) atoms. The van der Waals surface area contributed by atoms with Crippen molar-refractivity contribution in [1.82, 2.24) is 20.0 Å². The molecule has 3 heterocycles. The van der Waals surface area contributed by atoms with Crippen LogP contribution in [-0.2, 0) is 9.59 Å². The number of hydrogen-bond acceptors (Lipinski definition) is 4. The van der Waals surface area contributed by atoms with Gasteiger partial charge in [0.05, 0.1) is 6.04 Å². The first kappa shape index (κ1) is 15.3. The number of imide groups is 1. The van der Waals surface area contributed by atoms with E-state index in [2.05, 4.69) is 10.2 Å². The van der Waals surface area contributed by atoms with Crippen LogP contribution in [0.1, 0.15) is 26.2 Å². The van der Waals surface area contributed by atoms with Crippen LogP contribution in [0.2, 0.25) is 0 Å². The molecule has 0 bridgehead atoms. The van der Waals surface area contributed by atoms with Crippen molar-refractivity contribution >= 4 is 17.8 Å². The van der Waals surface area contributed by atoms with E-state index in [4.69, 9.17) is 0 Å². The molecule has 0 aliphatic carbocycles. The van der Waals surface area contributed by atoms with Gasteiger partial charge >= 0.3 is 6.03 Å². The van der Waals surface area contributed by atoms with Gasteiger partial charge in [0.2, 0.25) is 5.91 Å². The molecule has 3 aliphatic heterocycles. The zero-order valence-electron chi connectivity index (χ0n) is 13.5. The second-order valence-electron chi connectivity index (χ2n) is 6.90. The lowest BCUT2D eigenvalue weighted by Crippen LogP contribution is -2.57. The first-order valence-electron chi connectivity index (χ1n) is 7.94. The fraction of sp³-hybridized carbons (Fsp3) is 0.800. The first-order chi connectivity index (χ1) is 10.3. The highest BCUT2D eigenvalue weighted by atomic mass is 16.2. The van der Waals surface area contributed by atoms with E-state index in [0.29, 0.717) is 6.54 Å². The summed E-state index contributed by atoms with van der Waals surface area (Å²) in [6.07, 6.45) is 2.68. The van der Waals surface area contributed by atoms with Crippen molar-refractivity contribution in [2.24, 2.45) is 5.92 Å². The number of likely N-dealkylation sites (tertiary alicyclic amines) is 2. The van der Waals surface area contributed by atoms with E-state index in [9.17, 15) is 14.4 Å². The highest BCUT2D eigenvalue weighted by Gasteiger charge is 2.52.